The van der Waals surface area contributed by atoms with Gasteiger partial charge in [-0.05, 0) is 19.3 Å². The van der Waals surface area contributed by atoms with E-state index >= 15 is 0 Å². The number of hydrogen-bond donors (Lipinski definition) is 3. The quantitative estimate of drug-likeness (QED) is 0.210. The number of amides is 2. The number of hydrogen-bond acceptors (Lipinski definition) is 7. The summed E-state index contributed by atoms with van der Waals surface area (Å²) in [6, 6.07) is -2.02. The Labute approximate surface area is 235 Å². The number of Topliss-reactive ketones (excluding diaryl/α,β-unsaturated/α-hetero) is 4. The van der Waals surface area contributed by atoms with Crippen molar-refractivity contribution in [2.75, 3.05) is 0 Å². The molecular weight excluding hydrogens is 498 g/mol. The van der Waals surface area contributed by atoms with Crippen LogP contribution >= 0.6 is 0 Å². The molecule has 0 fully saturated rings. The number of carbonyl (C=O) groups excluding carboxylic acids is 6. The molecule has 0 aromatic heterocycles. The predicted octanol–water partition coefficient (Wildman–Crippen LogP) is 3.56. The van der Waals surface area contributed by atoms with Crippen molar-refractivity contribution in [3.8, 4) is 0 Å². The zero-order valence-corrected chi connectivity index (χ0v) is 25.8. The highest BCUT2D eigenvalue weighted by Crippen LogP contribution is 2.13. The molecule has 0 saturated carbocycles. The van der Waals surface area contributed by atoms with Gasteiger partial charge >= 0.3 is 0 Å². The van der Waals surface area contributed by atoms with Gasteiger partial charge in [0.25, 0.3) is 0 Å². The first kappa shape index (κ1) is 36.6. The van der Waals surface area contributed by atoms with Crippen molar-refractivity contribution in [1.29, 1.82) is 0 Å². The molecular formula is C30H53N3O6. The Kier molecular flexibility index (Phi) is 16.9. The molecule has 0 saturated heterocycles. The minimum atomic E-state index is -0.859. The Hall–Kier alpha value is -2.42. The molecule has 3 unspecified atom stereocenters. The van der Waals surface area contributed by atoms with E-state index in [9.17, 15) is 28.8 Å². The normalized spacial score (nSPS) is 14.0. The summed E-state index contributed by atoms with van der Waals surface area (Å²) in [6.45, 7) is 18.1. The second-order valence-electron chi connectivity index (χ2n) is 12.0. The summed E-state index contributed by atoms with van der Waals surface area (Å²) in [5, 5.41) is 8.71. The fourth-order valence-corrected chi connectivity index (χ4v) is 4.15. The summed E-state index contributed by atoms with van der Waals surface area (Å²) in [4.78, 5) is 75.7. The molecule has 0 aliphatic heterocycles. The molecule has 0 radical (unpaired) electrons. The third-order valence-corrected chi connectivity index (χ3v) is 6.59. The monoisotopic (exact) mass is 551 g/mol. The average molecular weight is 552 g/mol. The van der Waals surface area contributed by atoms with Crippen molar-refractivity contribution in [3.63, 3.8) is 0 Å². The Balaban J connectivity index is 5.28. The molecule has 224 valence electrons. The average Bonchev–Trinajstić information content (AvgIpc) is 2.84. The molecule has 39 heavy (non-hydrogen) atoms. The highest BCUT2D eigenvalue weighted by atomic mass is 16.2. The maximum absolute atomic E-state index is 12.8. The maximum atomic E-state index is 12.8. The maximum Gasteiger partial charge on any atom is 0.220 e. The van der Waals surface area contributed by atoms with Crippen LogP contribution in [0.5, 0.6) is 0 Å². The minimum Gasteiger partial charge on any atom is -0.346 e. The zero-order valence-electron chi connectivity index (χ0n) is 25.8. The Morgan fingerprint density at radius 1 is 0.462 bits per heavy atom. The van der Waals surface area contributed by atoms with Crippen LogP contribution in [0.4, 0.5) is 0 Å². The largest absolute Gasteiger partial charge is 0.346 e. The molecule has 0 rings (SSSR count). The smallest absolute Gasteiger partial charge is 0.220 e. The highest BCUT2D eigenvalue weighted by Gasteiger charge is 2.28. The molecule has 0 spiro atoms. The topological polar surface area (TPSA) is 139 Å². The molecule has 0 aromatic carbocycles. The highest BCUT2D eigenvalue weighted by molar-refractivity contribution is 5.93. The van der Waals surface area contributed by atoms with E-state index in [0.717, 1.165) is 0 Å². The van der Waals surface area contributed by atoms with E-state index in [4.69, 9.17) is 0 Å². The molecule has 3 atom stereocenters. The Bertz CT molecular complexity index is 848. The van der Waals surface area contributed by atoms with E-state index < -0.39 is 24.0 Å². The van der Waals surface area contributed by atoms with Crippen LogP contribution in [0.25, 0.3) is 0 Å². The lowest BCUT2D eigenvalue weighted by molar-refractivity contribution is -0.132. The molecule has 3 N–H and O–H groups in total. The van der Waals surface area contributed by atoms with Crippen molar-refractivity contribution in [2.24, 2.45) is 23.7 Å². The summed E-state index contributed by atoms with van der Waals surface area (Å²) in [6.07, 6.45) is 0.806. The number of nitrogens with one attached hydrogen (secondary N) is 3. The summed E-state index contributed by atoms with van der Waals surface area (Å²) in [7, 11) is 0. The van der Waals surface area contributed by atoms with Crippen molar-refractivity contribution >= 4 is 34.9 Å². The molecule has 0 aliphatic carbocycles. The van der Waals surface area contributed by atoms with E-state index in [1.54, 1.807) is 41.5 Å². The summed E-state index contributed by atoms with van der Waals surface area (Å²) < 4.78 is 0. The lowest BCUT2D eigenvalue weighted by Gasteiger charge is -2.23. The standard InChI is InChI=1S/C30H53N3O6/c1-17(2)25(34)14-11-23(29(38)19(5)6)32-27(36)16-13-24(30(39)20(7)8)33-26(35)15-12-22(31-21(9)10)28(37)18(3)4/h17-24,31H,11-16H2,1-10H3,(H,32,36)(H,33,35). The van der Waals surface area contributed by atoms with Crippen molar-refractivity contribution in [1.82, 2.24) is 16.0 Å². The third kappa shape index (κ3) is 14.5. The molecule has 0 bridgehead atoms. The van der Waals surface area contributed by atoms with Crippen molar-refractivity contribution in [2.45, 2.75) is 132 Å². The van der Waals surface area contributed by atoms with Gasteiger partial charge in [0, 0.05) is 49.0 Å². The van der Waals surface area contributed by atoms with Crippen LogP contribution in [0, 0.1) is 23.7 Å². The predicted molar refractivity (Wildman–Crippen MR) is 153 cm³/mol. The SMILES string of the molecule is CC(C)NC(CCC(=O)NC(CCC(=O)NC(CCC(=O)C(C)C)C(=O)C(C)C)C(=O)C(C)C)C(=O)C(C)C. The zero-order chi connectivity index (χ0) is 30.4. The van der Waals surface area contributed by atoms with Gasteiger partial charge in [0.05, 0.1) is 18.1 Å². The van der Waals surface area contributed by atoms with E-state index in [2.05, 4.69) is 16.0 Å². The Morgan fingerprint density at radius 3 is 1.13 bits per heavy atom. The molecule has 9 nitrogen and oxygen atoms in total. The first-order chi connectivity index (χ1) is 18.0. The fourth-order valence-electron chi connectivity index (χ4n) is 4.15. The second-order valence-corrected chi connectivity index (χ2v) is 12.0. The van der Waals surface area contributed by atoms with Crippen molar-refractivity contribution < 1.29 is 28.8 Å². The first-order valence-electron chi connectivity index (χ1n) is 14.5. The van der Waals surface area contributed by atoms with Crippen molar-refractivity contribution in [3.05, 3.63) is 0 Å². The first-order valence-corrected chi connectivity index (χ1v) is 14.5. The lowest BCUT2D eigenvalue weighted by atomic mass is 9.94. The second kappa shape index (κ2) is 18.0. The van der Waals surface area contributed by atoms with E-state index in [1.165, 1.54) is 0 Å². The van der Waals surface area contributed by atoms with Crippen LogP contribution in [0.1, 0.15) is 108 Å². The summed E-state index contributed by atoms with van der Waals surface area (Å²) in [5.41, 5.74) is 0. The summed E-state index contributed by atoms with van der Waals surface area (Å²) in [5.74, 6) is -2.04. The molecule has 0 aromatic rings. The lowest BCUT2D eigenvalue weighted by Crippen LogP contribution is -2.46. The molecule has 2 amide bonds. The van der Waals surface area contributed by atoms with Gasteiger partial charge in [0.15, 0.2) is 17.3 Å². The van der Waals surface area contributed by atoms with Gasteiger partial charge in [-0.15, -0.1) is 0 Å². The van der Waals surface area contributed by atoms with Gasteiger partial charge in [-0.2, -0.15) is 0 Å². The van der Waals surface area contributed by atoms with Crippen LogP contribution in [-0.4, -0.2) is 59.1 Å². The van der Waals surface area contributed by atoms with E-state index in [0.29, 0.717) is 6.42 Å². The van der Waals surface area contributed by atoms with Gasteiger partial charge in [0.2, 0.25) is 11.8 Å². The molecule has 0 heterocycles. The Morgan fingerprint density at radius 2 is 0.795 bits per heavy atom. The van der Waals surface area contributed by atoms with Gasteiger partial charge < -0.3 is 16.0 Å². The van der Waals surface area contributed by atoms with Crippen LogP contribution < -0.4 is 16.0 Å². The molecule has 9 heteroatoms. The number of carbonyl (C=O) groups is 6. The van der Waals surface area contributed by atoms with E-state index in [-0.39, 0.29) is 90.9 Å². The molecule has 0 aliphatic rings. The van der Waals surface area contributed by atoms with Gasteiger partial charge in [-0.1, -0.05) is 69.2 Å². The summed E-state index contributed by atoms with van der Waals surface area (Å²) >= 11 is 0. The van der Waals surface area contributed by atoms with Crippen LogP contribution in [0.15, 0.2) is 0 Å². The van der Waals surface area contributed by atoms with Crippen LogP contribution in [0.3, 0.4) is 0 Å². The minimum absolute atomic E-state index is 0.0250. The fraction of sp³-hybridized carbons (Fsp3) is 0.800. The number of ketones is 4. The van der Waals surface area contributed by atoms with Gasteiger partial charge in [-0.3, -0.25) is 28.8 Å². The third-order valence-electron chi connectivity index (χ3n) is 6.59. The van der Waals surface area contributed by atoms with E-state index in [1.807, 2.05) is 27.7 Å². The van der Waals surface area contributed by atoms with Gasteiger partial charge in [-0.25, -0.2) is 0 Å². The van der Waals surface area contributed by atoms with Crippen LogP contribution in [0.2, 0.25) is 0 Å². The number of rotatable bonds is 20. The van der Waals surface area contributed by atoms with Gasteiger partial charge in [0.1, 0.15) is 5.78 Å². The van der Waals surface area contributed by atoms with Crippen LogP contribution in [-0.2, 0) is 28.8 Å².